The van der Waals surface area contributed by atoms with Gasteiger partial charge in [0.25, 0.3) is 0 Å². The smallest absolute Gasteiger partial charge is 0.191 e. The largest absolute Gasteiger partial charge is 0.382 e. The van der Waals surface area contributed by atoms with Gasteiger partial charge in [-0.15, -0.1) is 10.2 Å². The van der Waals surface area contributed by atoms with Crippen LogP contribution < -0.4 is 10.6 Å². The Hall–Kier alpha value is -2.41. The summed E-state index contributed by atoms with van der Waals surface area (Å²) in [6.45, 7) is 5.01. The topological polar surface area (TPSA) is 76.4 Å². The van der Waals surface area contributed by atoms with Crippen LogP contribution in [0, 0.1) is 0 Å². The first-order chi connectivity index (χ1) is 11.8. The van der Waals surface area contributed by atoms with Gasteiger partial charge in [0, 0.05) is 32.5 Å². The average Bonchev–Trinajstić information content (AvgIpc) is 3.10. The van der Waals surface area contributed by atoms with Gasteiger partial charge in [0.05, 0.1) is 6.54 Å². The molecule has 0 bridgehead atoms. The predicted octanol–water partition coefficient (Wildman–Crippen LogP) is 1.75. The SMILES string of the molecule is CCOCCCCNC(=NC)NCc1nncn1-c1ccccc1. The van der Waals surface area contributed by atoms with Crippen LogP contribution in [-0.4, -0.2) is 47.5 Å². The van der Waals surface area contributed by atoms with Gasteiger partial charge in [-0.05, 0) is 31.9 Å². The Labute approximate surface area is 143 Å². The van der Waals surface area contributed by atoms with Crippen molar-refractivity contribution >= 4 is 5.96 Å². The van der Waals surface area contributed by atoms with E-state index in [-0.39, 0.29) is 0 Å². The third-order valence-electron chi connectivity index (χ3n) is 3.50. The highest BCUT2D eigenvalue weighted by atomic mass is 16.5. The van der Waals surface area contributed by atoms with Crippen molar-refractivity contribution < 1.29 is 4.74 Å². The Morgan fingerprint density at radius 2 is 2.04 bits per heavy atom. The van der Waals surface area contributed by atoms with E-state index in [4.69, 9.17) is 4.74 Å². The molecule has 0 saturated heterocycles. The number of nitrogens with one attached hydrogen (secondary N) is 2. The number of benzene rings is 1. The molecular weight excluding hydrogens is 304 g/mol. The number of aromatic nitrogens is 3. The maximum absolute atomic E-state index is 5.33. The van der Waals surface area contributed by atoms with Crippen molar-refractivity contribution in [2.45, 2.75) is 26.3 Å². The van der Waals surface area contributed by atoms with E-state index in [0.717, 1.165) is 50.1 Å². The zero-order valence-corrected chi connectivity index (χ0v) is 14.4. The molecule has 0 aliphatic heterocycles. The Bertz CT molecular complexity index is 611. The third kappa shape index (κ3) is 5.66. The second kappa shape index (κ2) is 10.4. The molecule has 7 heteroatoms. The van der Waals surface area contributed by atoms with E-state index >= 15 is 0 Å². The summed E-state index contributed by atoms with van der Waals surface area (Å²) in [4.78, 5) is 4.23. The van der Waals surface area contributed by atoms with Gasteiger partial charge in [-0.2, -0.15) is 0 Å². The minimum absolute atomic E-state index is 0.549. The van der Waals surface area contributed by atoms with Crippen LogP contribution in [0.3, 0.4) is 0 Å². The van der Waals surface area contributed by atoms with Crippen molar-refractivity contribution in [3.63, 3.8) is 0 Å². The van der Waals surface area contributed by atoms with Gasteiger partial charge in [0.1, 0.15) is 6.33 Å². The molecule has 2 aromatic rings. The standard InChI is InChI=1S/C17H26N6O/c1-3-24-12-8-7-11-19-17(18-2)20-13-16-22-21-14-23(16)15-9-5-4-6-10-15/h4-6,9-10,14H,3,7-8,11-13H2,1-2H3,(H2,18,19,20). The Morgan fingerprint density at radius 3 is 2.79 bits per heavy atom. The van der Waals surface area contributed by atoms with Crippen LogP contribution in [0.4, 0.5) is 0 Å². The molecule has 0 atom stereocenters. The molecule has 1 heterocycles. The van der Waals surface area contributed by atoms with Gasteiger partial charge in [0.2, 0.25) is 0 Å². The number of guanidine groups is 1. The summed E-state index contributed by atoms with van der Waals surface area (Å²) in [5.74, 6) is 1.59. The molecular formula is C17H26N6O. The number of hydrogen-bond donors (Lipinski definition) is 2. The molecule has 0 fully saturated rings. The predicted molar refractivity (Wildman–Crippen MR) is 95.3 cm³/mol. The number of nitrogens with zero attached hydrogens (tertiary/aromatic N) is 4. The minimum Gasteiger partial charge on any atom is -0.382 e. The fourth-order valence-corrected chi connectivity index (χ4v) is 2.25. The molecule has 7 nitrogen and oxygen atoms in total. The van der Waals surface area contributed by atoms with Gasteiger partial charge in [-0.25, -0.2) is 0 Å². The average molecular weight is 330 g/mol. The first-order valence-electron chi connectivity index (χ1n) is 8.31. The highest BCUT2D eigenvalue weighted by molar-refractivity contribution is 5.79. The van der Waals surface area contributed by atoms with Gasteiger partial charge in [-0.3, -0.25) is 9.56 Å². The molecule has 0 unspecified atom stereocenters. The summed E-state index contributed by atoms with van der Waals surface area (Å²) in [5, 5.41) is 14.7. The van der Waals surface area contributed by atoms with E-state index in [1.54, 1.807) is 13.4 Å². The van der Waals surface area contributed by atoms with Crippen LogP contribution in [-0.2, 0) is 11.3 Å². The summed E-state index contributed by atoms with van der Waals surface area (Å²) in [5.41, 5.74) is 1.04. The first-order valence-corrected chi connectivity index (χ1v) is 8.31. The molecule has 0 aliphatic carbocycles. The second-order valence-electron chi connectivity index (χ2n) is 5.21. The van der Waals surface area contributed by atoms with Gasteiger partial charge >= 0.3 is 0 Å². The highest BCUT2D eigenvalue weighted by Crippen LogP contribution is 2.08. The number of para-hydroxylation sites is 1. The van der Waals surface area contributed by atoms with Crippen molar-refractivity contribution in [1.29, 1.82) is 0 Å². The monoisotopic (exact) mass is 330 g/mol. The summed E-state index contributed by atoms with van der Waals surface area (Å²) in [6.07, 6.45) is 3.80. The lowest BCUT2D eigenvalue weighted by atomic mass is 10.3. The van der Waals surface area contributed by atoms with E-state index in [1.807, 2.05) is 41.8 Å². The second-order valence-corrected chi connectivity index (χ2v) is 5.21. The van der Waals surface area contributed by atoms with E-state index in [2.05, 4.69) is 25.8 Å². The maximum Gasteiger partial charge on any atom is 0.191 e. The Morgan fingerprint density at radius 1 is 1.21 bits per heavy atom. The summed E-state index contributed by atoms with van der Waals surface area (Å²) in [6, 6.07) is 10.0. The molecule has 1 aromatic heterocycles. The number of rotatable bonds is 9. The van der Waals surface area contributed by atoms with Crippen molar-refractivity contribution in [1.82, 2.24) is 25.4 Å². The normalized spacial score (nSPS) is 11.5. The van der Waals surface area contributed by atoms with Crippen LogP contribution in [0.5, 0.6) is 0 Å². The van der Waals surface area contributed by atoms with Crippen molar-refractivity contribution in [3.8, 4) is 5.69 Å². The van der Waals surface area contributed by atoms with E-state index < -0.39 is 0 Å². The van der Waals surface area contributed by atoms with Crippen LogP contribution in [0.25, 0.3) is 5.69 Å². The molecule has 0 saturated carbocycles. The van der Waals surface area contributed by atoms with Crippen LogP contribution >= 0.6 is 0 Å². The van der Waals surface area contributed by atoms with Crippen molar-refractivity contribution in [2.24, 2.45) is 4.99 Å². The lowest BCUT2D eigenvalue weighted by Gasteiger charge is -2.12. The van der Waals surface area contributed by atoms with E-state index in [9.17, 15) is 0 Å². The van der Waals surface area contributed by atoms with Crippen LogP contribution in [0.15, 0.2) is 41.7 Å². The molecule has 130 valence electrons. The van der Waals surface area contributed by atoms with Gasteiger partial charge in [0.15, 0.2) is 11.8 Å². The summed E-state index contributed by atoms with van der Waals surface area (Å²) >= 11 is 0. The third-order valence-corrected chi connectivity index (χ3v) is 3.50. The Kier molecular flexibility index (Phi) is 7.76. The van der Waals surface area contributed by atoms with Crippen LogP contribution in [0.2, 0.25) is 0 Å². The van der Waals surface area contributed by atoms with Crippen molar-refractivity contribution in [2.75, 3.05) is 26.8 Å². The zero-order chi connectivity index (χ0) is 17.0. The number of unbranched alkanes of at least 4 members (excludes halogenated alkanes) is 1. The lowest BCUT2D eigenvalue weighted by molar-refractivity contribution is 0.143. The fourth-order valence-electron chi connectivity index (χ4n) is 2.25. The Balaban J connectivity index is 1.79. The maximum atomic E-state index is 5.33. The van der Waals surface area contributed by atoms with Crippen LogP contribution in [0.1, 0.15) is 25.6 Å². The van der Waals surface area contributed by atoms with Crippen molar-refractivity contribution in [3.05, 3.63) is 42.5 Å². The van der Waals surface area contributed by atoms with E-state index in [0.29, 0.717) is 6.54 Å². The van der Waals surface area contributed by atoms with Gasteiger partial charge in [-0.1, -0.05) is 18.2 Å². The highest BCUT2D eigenvalue weighted by Gasteiger charge is 2.06. The molecule has 0 radical (unpaired) electrons. The van der Waals surface area contributed by atoms with Gasteiger partial charge < -0.3 is 15.4 Å². The quantitative estimate of drug-likeness (QED) is 0.416. The number of hydrogen-bond acceptors (Lipinski definition) is 4. The number of ether oxygens (including phenoxy) is 1. The molecule has 24 heavy (non-hydrogen) atoms. The molecule has 0 aliphatic rings. The molecule has 2 rings (SSSR count). The van der Waals surface area contributed by atoms with E-state index in [1.165, 1.54) is 0 Å². The lowest BCUT2D eigenvalue weighted by Crippen LogP contribution is -2.37. The first kappa shape index (κ1) is 17.9. The molecule has 0 spiro atoms. The molecule has 2 N–H and O–H groups in total. The summed E-state index contributed by atoms with van der Waals surface area (Å²) < 4.78 is 7.29. The molecule has 1 aromatic carbocycles. The molecule has 0 amide bonds. The number of aliphatic imine (C=N–C) groups is 1. The summed E-state index contributed by atoms with van der Waals surface area (Å²) in [7, 11) is 1.76. The zero-order valence-electron chi connectivity index (χ0n) is 14.4. The fraction of sp³-hybridized carbons (Fsp3) is 0.471. The minimum atomic E-state index is 0.549.